The molecule has 7 nitrogen and oxygen atoms in total. The van der Waals surface area contributed by atoms with E-state index in [1.807, 2.05) is 0 Å². The van der Waals surface area contributed by atoms with Gasteiger partial charge in [0, 0.05) is 17.4 Å². The largest absolute Gasteiger partial charge is 0.743 e. The molecule has 3 aromatic carbocycles. The van der Waals surface area contributed by atoms with Crippen LogP contribution in [0.15, 0.2) is 118 Å². The van der Waals surface area contributed by atoms with Crippen LogP contribution in [0.3, 0.4) is 0 Å². The second-order valence-corrected chi connectivity index (χ2v) is 17.0. The molecule has 3 aromatic rings. The minimum atomic E-state index is -6.77. The third-order valence-corrected chi connectivity index (χ3v) is 13.1. The molecule has 0 aromatic heterocycles. The summed E-state index contributed by atoms with van der Waals surface area (Å²) in [6.07, 6.45) is -9.49. The van der Waals surface area contributed by atoms with Crippen molar-refractivity contribution in [1.29, 1.82) is 0 Å². The predicted octanol–water partition coefficient (Wildman–Crippen LogP) is 8.08. The van der Waals surface area contributed by atoms with Crippen LogP contribution in [-0.4, -0.2) is 48.0 Å². The summed E-state index contributed by atoms with van der Waals surface area (Å²) >= 11 is 0. The fraction of sp³-hybridized carbons (Fsp3) is 0.405. The lowest BCUT2D eigenvalue weighted by Gasteiger charge is -2.62. The average molecular weight is 753 g/mol. The molecule has 0 heterocycles. The van der Waals surface area contributed by atoms with E-state index in [-0.39, 0.29) is 41.6 Å². The van der Waals surface area contributed by atoms with Gasteiger partial charge >= 0.3 is 23.4 Å². The minimum absolute atomic E-state index is 0.0146. The second kappa shape index (κ2) is 14.3. The van der Waals surface area contributed by atoms with Crippen molar-refractivity contribution < 1.29 is 54.0 Å². The fourth-order valence-corrected chi connectivity index (χ4v) is 10.2. The number of esters is 2. The van der Waals surface area contributed by atoms with Crippen molar-refractivity contribution in [3.63, 3.8) is 0 Å². The number of halogens is 5. The van der Waals surface area contributed by atoms with Crippen molar-refractivity contribution in [2.24, 2.45) is 23.2 Å². The summed E-state index contributed by atoms with van der Waals surface area (Å²) in [5.74, 6) is -3.31. The number of alkyl halides is 5. The first-order valence-electron chi connectivity index (χ1n) is 16.2. The summed E-state index contributed by atoms with van der Waals surface area (Å²) in [6, 6.07) is 32.2. The molecule has 4 aliphatic carbocycles. The van der Waals surface area contributed by atoms with E-state index < -0.39 is 62.4 Å². The standard InChI is InChI=1S/C19H23F5O7S.C18H15S/c1-9(2)13(25)31-16(3)11-4-10-5-12(16)8-17(6-10,7-11)15(26)30-14(18(20,21)22)19(23,24)32(27,28)29;1-4-10-16(11-5-1)19(17-12-6-2-7-13-17)18-14-8-3-9-15-18/h10-12,14H,1,4-8H2,2-3H3,(H,27,28,29);1-15H/q;+1/p-1. The molecule has 14 heteroatoms. The number of benzene rings is 3. The summed E-state index contributed by atoms with van der Waals surface area (Å²) in [4.78, 5) is 29.0. The molecule has 51 heavy (non-hydrogen) atoms. The molecule has 4 aliphatic rings. The monoisotopic (exact) mass is 752 g/mol. The van der Waals surface area contributed by atoms with Crippen molar-refractivity contribution in [1.82, 2.24) is 0 Å². The van der Waals surface area contributed by atoms with E-state index in [4.69, 9.17) is 4.74 Å². The van der Waals surface area contributed by atoms with Gasteiger partial charge in [-0.15, -0.1) is 0 Å². The number of hydrogen-bond donors (Lipinski definition) is 0. The van der Waals surface area contributed by atoms with Crippen LogP contribution in [-0.2, 0) is 40.1 Å². The Balaban J connectivity index is 0.000000224. The number of carbonyl (C=O) groups is 2. The molecular weight excluding hydrogens is 716 g/mol. The van der Waals surface area contributed by atoms with Gasteiger partial charge in [0.2, 0.25) is 0 Å². The highest BCUT2D eigenvalue weighted by Gasteiger charge is 2.68. The van der Waals surface area contributed by atoms with Gasteiger partial charge in [-0.05, 0) is 88.3 Å². The first kappa shape index (κ1) is 38.5. The lowest BCUT2D eigenvalue weighted by Crippen LogP contribution is -2.64. The summed E-state index contributed by atoms with van der Waals surface area (Å²) in [5.41, 5.74) is -2.46. The Labute approximate surface area is 296 Å². The first-order chi connectivity index (χ1) is 23.8. The van der Waals surface area contributed by atoms with Crippen molar-refractivity contribution in [3.8, 4) is 0 Å². The minimum Gasteiger partial charge on any atom is -0.743 e. The average Bonchev–Trinajstić information content (AvgIpc) is 3.06. The highest BCUT2D eigenvalue weighted by molar-refractivity contribution is 7.97. The van der Waals surface area contributed by atoms with Crippen LogP contribution in [0.2, 0.25) is 0 Å². The predicted molar refractivity (Wildman–Crippen MR) is 177 cm³/mol. The van der Waals surface area contributed by atoms with Crippen LogP contribution < -0.4 is 0 Å². The highest BCUT2D eigenvalue weighted by atomic mass is 32.2. The lowest BCUT2D eigenvalue weighted by molar-refractivity contribution is -0.271. The number of ether oxygens (including phenoxy) is 2. The quantitative estimate of drug-likeness (QED) is 0.0715. The normalized spacial score (nSPS) is 26.1. The molecule has 3 unspecified atom stereocenters. The molecule has 4 bridgehead atoms. The Bertz CT molecular complexity index is 1730. The van der Waals surface area contributed by atoms with Crippen molar-refractivity contribution in [2.75, 3.05) is 0 Å². The maximum Gasteiger partial charge on any atom is 0.432 e. The molecule has 4 fully saturated rings. The Morgan fingerprint density at radius 1 is 0.824 bits per heavy atom. The van der Waals surface area contributed by atoms with Crippen LogP contribution in [0.1, 0.15) is 46.0 Å². The molecule has 3 atom stereocenters. The zero-order chi connectivity index (χ0) is 37.4. The lowest BCUT2D eigenvalue weighted by atomic mass is 9.45. The summed E-state index contributed by atoms with van der Waals surface area (Å²) in [7, 11) is -6.79. The zero-order valence-electron chi connectivity index (χ0n) is 27.8. The smallest absolute Gasteiger partial charge is 0.432 e. The molecule has 0 radical (unpaired) electrons. The van der Waals surface area contributed by atoms with Gasteiger partial charge in [0.05, 0.1) is 16.3 Å². The van der Waals surface area contributed by atoms with E-state index in [2.05, 4.69) is 102 Å². The molecule has 0 aliphatic heterocycles. The Kier molecular flexibility index (Phi) is 10.8. The van der Waals surface area contributed by atoms with Crippen LogP contribution in [0, 0.1) is 23.2 Å². The van der Waals surface area contributed by atoms with Crippen LogP contribution in [0.4, 0.5) is 22.0 Å². The van der Waals surface area contributed by atoms with E-state index in [1.54, 1.807) is 6.92 Å². The van der Waals surface area contributed by atoms with Crippen LogP contribution in [0.25, 0.3) is 0 Å². The maximum absolute atomic E-state index is 13.8. The van der Waals surface area contributed by atoms with Gasteiger partial charge in [0.1, 0.15) is 5.60 Å². The van der Waals surface area contributed by atoms with Gasteiger partial charge in [0.25, 0.3) is 6.10 Å². The van der Waals surface area contributed by atoms with Gasteiger partial charge in [-0.3, -0.25) is 4.79 Å². The number of carbonyl (C=O) groups excluding carboxylic acids is 2. The Morgan fingerprint density at radius 3 is 1.59 bits per heavy atom. The SMILES string of the molecule is C=C(C)C(=O)OC1(C)C2CC3CC1CC(C(=O)OC(C(F)(F)F)C(F)(F)S(=O)(=O)[O-])(C3)C2.c1ccc([S+](c2ccccc2)c2ccccc2)cc1. The van der Waals surface area contributed by atoms with Gasteiger partial charge in [-0.25, -0.2) is 13.2 Å². The summed E-state index contributed by atoms with van der Waals surface area (Å²) in [5, 5.41) is -5.89. The van der Waals surface area contributed by atoms with E-state index in [1.165, 1.54) is 21.6 Å². The van der Waals surface area contributed by atoms with E-state index in [0.717, 1.165) is 0 Å². The van der Waals surface area contributed by atoms with Gasteiger partial charge in [-0.2, -0.15) is 22.0 Å². The summed E-state index contributed by atoms with van der Waals surface area (Å²) in [6.45, 7) is 6.62. The summed E-state index contributed by atoms with van der Waals surface area (Å²) < 4.78 is 109. The van der Waals surface area contributed by atoms with Crippen LogP contribution >= 0.6 is 0 Å². The maximum atomic E-state index is 13.8. The zero-order valence-corrected chi connectivity index (χ0v) is 29.4. The number of hydrogen-bond acceptors (Lipinski definition) is 7. The van der Waals surface area contributed by atoms with Gasteiger partial charge < -0.3 is 14.0 Å². The van der Waals surface area contributed by atoms with Crippen molar-refractivity contribution in [2.45, 2.75) is 83.8 Å². The van der Waals surface area contributed by atoms with E-state index >= 15 is 0 Å². The molecule has 0 spiro atoms. The first-order valence-corrected chi connectivity index (χ1v) is 18.8. The Hall–Kier alpha value is -3.75. The second-order valence-electron chi connectivity index (χ2n) is 13.6. The van der Waals surface area contributed by atoms with Gasteiger partial charge in [-0.1, -0.05) is 61.2 Å². The third-order valence-electron chi connectivity index (χ3n) is 10.0. The van der Waals surface area contributed by atoms with Gasteiger partial charge in [0.15, 0.2) is 24.8 Å². The molecule has 274 valence electrons. The third kappa shape index (κ3) is 7.87. The highest BCUT2D eigenvalue weighted by Crippen LogP contribution is 2.65. The van der Waals surface area contributed by atoms with Crippen molar-refractivity contribution >= 4 is 33.0 Å². The molecule has 4 saturated carbocycles. The van der Waals surface area contributed by atoms with E-state index in [0.29, 0.717) is 12.8 Å². The molecule has 0 saturated heterocycles. The molecule has 0 amide bonds. The molecule has 0 N–H and O–H groups in total. The molecular formula is C37H37F5O7S2. The van der Waals surface area contributed by atoms with Crippen molar-refractivity contribution in [3.05, 3.63) is 103 Å². The van der Waals surface area contributed by atoms with Crippen LogP contribution in [0.5, 0.6) is 0 Å². The fourth-order valence-electron chi connectivity index (χ4n) is 7.66. The number of rotatable bonds is 9. The molecule has 7 rings (SSSR count). The Morgan fingerprint density at radius 2 is 1.24 bits per heavy atom. The topological polar surface area (TPSA) is 110 Å². The van der Waals surface area contributed by atoms with E-state index in [9.17, 15) is 44.5 Å².